The number of aryl methyl sites for hydroxylation is 3. The van der Waals surface area contributed by atoms with E-state index in [2.05, 4.69) is 5.32 Å². The normalized spacial score (nSPS) is 16.8. The van der Waals surface area contributed by atoms with E-state index < -0.39 is 12.0 Å². The van der Waals surface area contributed by atoms with Crippen molar-refractivity contribution in [1.82, 2.24) is 0 Å². The Bertz CT molecular complexity index is 835. The molecular formula is C19H22N2O3S. The van der Waals surface area contributed by atoms with Crippen molar-refractivity contribution in [3.05, 3.63) is 39.8 Å². The molecule has 1 atom stereocenters. The highest BCUT2D eigenvalue weighted by Gasteiger charge is 2.27. The van der Waals surface area contributed by atoms with Gasteiger partial charge in [-0.3, -0.25) is 9.59 Å². The smallest absolute Gasteiger partial charge is 0.254 e. The number of amides is 2. The van der Waals surface area contributed by atoms with Gasteiger partial charge in [-0.15, -0.1) is 11.3 Å². The van der Waals surface area contributed by atoms with Crippen molar-refractivity contribution in [3.63, 3.8) is 0 Å². The lowest BCUT2D eigenvalue weighted by Crippen LogP contribution is -2.27. The van der Waals surface area contributed by atoms with Crippen LogP contribution in [0.4, 0.5) is 5.00 Å². The molecule has 1 aliphatic rings. The Morgan fingerprint density at radius 1 is 1.24 bits per heavy atom. The first-order valence-corrected chi connectivity index (χ1v) is 9.13. The van der Waals surface area contributed by atoms with E-state index in [4.69, 9.17) is 10.5 Å². The van der Waals surface area contributed by atoms with Crippen molar-refractivity contribution in [2.45, 2.75) is 39.7 Å². The number of hydrogen-bond donors (Lipinski definition) is 2. The molecule has 1 aromatic heterocycles. The molecule has 3 N–H and O–H groups in total. The third-order valence-electron chi connectivity index (χ3n) is 4.59. The lowest BCUT2D eigenvalue weighted by Gasteiger charge is -2.11. The van der Waals surface area contributed by atoms with Crippen molar-refractivity contribution in [2.24, 2.45) is 5.73 Å². The monoisotopic (exact) mass is 358 g/mol. The topological polar surface area (TPSA) is 81.4 Å². The number of anilines is 1. The van der Waals surface area contributed by atoms with Gasteiger partial charge in [-0.1, -0.05) is 18.2 Å². The van der Waals surface area contributed by atoms with Crippen molar-refractivity contribution in [3.8, 4) is 11.1 Å². The largest absolute Gasteiger partial charge is 0.368 e. The molecule has 0 aliphatic carbocycles. The Morgan fingerprint density at radius 2 is 2.00 bits per heavy atom. The molecule has 25 heavy (non-hydrogen) atoms. The van der Waals surface area contributed by atoms with Gasteiger partial charge in [0.2, 0.25) is 0 Å². The van der Waals surface area contributed by atoms with Gasteiger partial charge < -0.3 is 15.8 Å². The molecule has 1 fully saturated rings. The summed E-state index contributed by atoms with van der Waals surface area (Å²) in [5, 5.41) is 3.34. The number of nitrogens with one attached hydrogen (secondary N) is 1. The summed E-state index contributed by atoms with van der Waals surface area (Å²) in [6.07, 6.45) is 1.12. The molecule has 2 amide bonds. The quantitative estimate of drug-likeness (QED) is 0.877. The molecule has 0 radical (unpaired) electrons. The molecule has 1 saturated heterocycles. The predicted octanol–water partition coefficient (Wildman–Crippen LogP) is 3.56. The second-order valence-corrected chi connectivity index (χ2v) is 7.62. The van der Waals surface area contributed by atoms with E-state index in [9.17, 15) is 9.59 Å². The fourth-order valence-electron chi connectivity index (χ4n) is 3.09. The maximum Gasteiger partial charge on any atom is 0.254 e. The summed E-state index contributed by atoms with van der Waals surface area (Å²) in [5.74, 6) is -0.756. The van der Waals surface area contributed by atoms with Crippen LogP contribution in [0, 0.1) is 20.8 Å². The Hall–Kier alpha value is -2.18. The number of primary amides is 1. The van der Waals surface area contributed by atoms with Crippen molar-refractivity contribution in [2.75, 3.05) is 11.9 Å². The number of ether oxygens (including phenoxy) is 1. The molecule has 2 aromatic rings. The minimum atomic E-state index is -0.541. The molecule has 0 spiro atoms. The van der Waals surface area contributed by atoms with Gasteiger partial charge in [-0.25, -0.2) is 0 Å². The molecule has 5 nitrogen and oxygen atoms in total. The number of thiophene rings is 1. The zero-order chi connectivity index (χ0) is 18.1. The summed E-state index contributed by atoms with van der Waals surface area (Å²) < 4.78 is 5.41. The van der Waals surface area contributed by atoms with E-state index >= 15 is 0 Å². The fraction of sp³-hybridized carbons (Fsp3) is 0.368. The first kappa shape index (κ1) is 17.6. The SMILES string of the molecule is Cc1ccc(-c2c(C)sc(NC(=O)[C@@H]3CCCO3)c2C(N)=O)cc1C. The molecule has 0 unspecified atom stereocenters. The predicted molar refractivity (Wildman–Crippen MR) is 100 cm³/mol. The minimum absolute atomic E-state index is 0.215. The van der Waals surface area contributed by atoms with Gasteiger partial charge >= 0.3 is 0 Å². The van der Waals surface area contributed by atoms with Gasteiger partial charge in [0.05, 0.1) is 5.56 Å². The van der Waals surface area contributed by atoms with Crippen LogP contribution in [-0.2, 0) is 9.53 Å². The fourth-order valence-corrected chi connectivity index (χ4v) is 4.17. The highest BCUT2D eigenvalue weighted by Crippen LogP contribution is 2.40. The standard InChI is InChI=1S/C19H22N2O3S/c1-10-6-7-13(9-11(10)2)15-12(3)25-19(16(15)17(20)22)21-18(23)14-5-4-8-24-14/h6-7,9,14H,4-5,8H2,1-3H3,(H2,20,22)(H,21,23)/t14-/m0/s1. The van der Waals surface area contributed by atoms with Crippen LogP contribution in [0.2, 0.25) is 0 Å². The number of nitrogens with two attached hydrogens (primary N) is 1. The Morgan fingerprint density at radius 3 is 2.60 bits per heavy atom. The summed E-state index contributed by atoms with van der Waals surface area (Å²) in [5.41, 5.74) is 10.1. The van der Waals surface area contributed by atoms with E-state index in [1.807, 2.05) is 39.0 Å². The lowest BCUT2D eigenvalue weighted by molar-refractivity contribution is -0.124. The third kappa shape index (κ3) is 3.45. The van der Waals surface area contributed by atoms with Crippen LogP contribution in [-0.4, -0.2) is 24.5 Å². The third-order valence-corrected chi connectivity index (χ3v) is 5.61. The Kier molecular flexibility index (Phi) is 4.92. The summed E-state index contributed by atoms with van der Waals surface area (Å²) in [6, 6.07) is 6.05. The maximum atomic E-state index is 12.4. The van der Waals surface area contributed by atoms with Crippen molar-refractivity contribution in [1.29, 1.82) is 0 Å². The van der Waals surface area contributed by atoms with E-state index in [0.29, 0.717) is 23.6 Å². The highest BCUT2D eigenvalue weighted by atomic mass is 32.1. The van der Waals surface area contributed by atoms with Crippen molar-refractivity contribution >= 4 is 28.2 Å². The molecule has 0 bridgehead atoms. The lowest BCUT2D eigenvalue weighted by atomic mass is 9.97. The molecule has 1 aliphatic heterocycles. The van der Waals surface area contributed by atoms with Gasteiger partial charge in [0.25, 0.3) is 11.8 Å². The Labute approximate surface area is 151 Å². The number of carbonyl (C=O) groups excluding carboxylic acids is 2. The van der Waals surface area contributed by atoms with Crippen LogP contribution in [0.5, 0.6) is 0 Å². The average Bonchev–Trinajstić information content (AvgIpc) is 3.18. The van der Waals surface area contributed by atoms with E-state index in [-0.39, 0.29) is 5.91 Å². The summed E-state index contributed by atoms with van der Waals surface area (Å²) >= 11 is 1.37. The second-order valence-electron chi connectivity index (χ2n) is 6.39. The molecule has 1 aromatic carbocycles. The first-order valence-electron chi connectivity index (χ1n) is 8.31. The molecule has 132 valence electrons. The van der Waals surface area contributed by atoms with E-state index in [0.717, 1.165) is 28.0 Å². The van der Waals surface area contributed by atoms with Gasteiger partial charge in [-0.05, 0) is 50.3 Å². The first-order chi connectivity index (χ1) is 11.9. The highest BCUT2D eigenvalue weighted by molar-refractivity contribution is 7.17. The summed E-state index contributed by atoms with van der Waals surface area (Å²) in [7, 11) is 0. The van der Waals surface area contributed by atoms with E-state index in [1.165, 1.54) is 16.9 Å². The second kappa shape index (κ2) is 6.98. The van der Waals surface area contributed by atoms with Crippen LogP contribution in [0.3, 0.4) is 0 Å². The number of benzene rings is 1. The molecule has 0 saturated carbocycles. The van der Waals surface area contributed by atoms with Crippen LogP contribution >= 0.6 is 11.3 Å². The minimum Gasteiger partial charge on any atom is -0.368 e. The summed E-state index contributed by atoms with van der Waals surface area (Å²) in [6.45, 7) is 6.61. The molecule has 3 rings (SSSR count). The van der Waals surface area contributed by atoms with Gasteiger partial charge in [0.15, 0.2) is 0 Å². The van der Waals surface area contributed by atoms with E-state index in [1.54, 1.807) is 0 Å². The van der Waals surface area contributed by atoms with Gasteiger partial charge in [0.1, 0.15) is 11.1 Å². The number of hydrogen-bond acceptors (Lipinski definition) is 4. The van der Waals surface area contributed by atoms with Crippen molar-refractivity contribution < 1.29 is 14.3 Å². The molecule has 2 heterocycles. The number of carbonyl (C=O) groups is 2. The zero-order valence-corrected chi connectivity index (χ0v) is 15.5. The van der Waals surface area contributed by atoms with Gasteiger partial charge in [0, 0.05) is 17.0 Å². The van der Waals surface area contributed by atoms with Crippen LogP contribution in [0.1, 0.15) is 39.2 Å². The zero-order valence-electron chi connectivity index (χ0n) is 14.6. The molecular weight excluding hydrogens is 336 g/mol. The summed E-state index contributed by atoms with van der Waals surface area (Å²) in [4.78, 5) is 25.4. The maximum absolute atomic E-state index is 12.4. The molecule has 6 heteroatoms. The van der Waals surface area contributed by atoms with Crippen LogP contribution < -0.4 is 11.1 Å². The van der Waals surface area contributed by atoms with Gasteiger partial charge in [-0.2, -0.15) is 0 Å². The Balaban J connectivity index is 2.01. The average molecular weight is 358 g/mol. The number of rotatable bonds is 4. The van der Waals surface area contributed by atoms with Crippen LogP contribution in [0.15, 0.2) is 18.2 Å². The van der Waals surface area contributed by atoms with Crippen LogP contribution in [0.25, 0.3) is 11.1 Å².